The summed E-state index contributed by atoms with van der Waals surface area (Å²) in [5, 5.41) is 3.62. The molecule has 0 aromatic heterocycles. The molecule has 1 N–H and O–H groups in total. The first-order chi connectivity index (χ1) is 9.63. The van der Waals surface area contributed by atoms with Crippen LogP contribution in [0.2, 0.25) is 0 Å². The predicted molar refractivity (Wildman–Crippen MR) is 87.1 cm³/mol. The van der Waals surface area contributed by atoms with Crippen molar-refractivity contribution in [2.24, 2.45) is 0 Å². The van der Waals surface area contributed by atoms with Gasteiger partial charge in [-0.05, 0) is 31.5 Å². The molecule has 3 heteroatoms. The van der Waals surface area contributed by atoms with E-state index in [1.807, 2.05) is 24.3 Å². The van der Waals surface area contributed by atoms with Gasteiger partial charge < -0.3 is 10.1 Å². The summed E-state index contributed by atoms with van der Waals surface area (Å²) in [6.07, 6.45) is 0. The Bertz CT molecular complexity index is 570. The lowest BCUT2D eigenvalue weighted by Crippen LogP contribution is -2.23. The van der Waals surface area contributed by atoms with Crippen LogP contribution in [0.4, 0.5) is 0 Å². The Hall–Kier alpha value is -1.32. The molecule has 0 fully saturated rings. The second-order valence-corrected chi connectivity index (χ2v) is 5.73. The summed E-state index contributed by atoms with van der Waals surface area (Å²) in [4.78, 5) is 0. The van der Waals surface area contributed by atoms with Crippen LogP contribution in [0.1, 0.15) is 37.1 Å². The Labute approximate surface area is 129 Å². The van der Waals surface area contributed by atoms with Crippen LogP contribution in [0, 0.1) is 0 Å². The van der Waals surface area contributed by atoms with Crippen LogP contribution < -0.4 is 10.1 Å². The van der Waals surface area contributed by atoms with Gasteiger partial charge >= 0.3 is 0 Å². The van der Waals surface area contributed by atoms with E-state index in [0.717, 1.165) is 10.2 Å². The summed E-state index contributed by atoms with van der Waals surface area (Å²) in [6, 6.07) is 16.9. The van der Waals surface area contributed by atoms with Crippen LogP contribution >= 0.6 is 15.9 Å². The molecule has 20 heavy (non-hydrogen) atoms. The number of rotatable bonds is 5. The Morgan fingerprint density at radius 2 is 1.45 bits per heavy atom. The Morgan fingerprint density at radius 3 is 2.10 bits per heavy atom. The zero-order valence-corrected chi connectivity index (χ0v) is 13.6. The van der Waals surface area contributed by atoms with E-state index >= 15 is 0 Å². The van der Waals surface area contributed by atoms with E-state index in [1.54, 1.807) is 7.11 Å². The second-order valence-electron chi connectivity index (χ2n) is 4.87. The first-order valence-corrected chi connectivity index (χ1v) is 7.56. The summed E-state index contributed by atoms with van der Waals surface area (Å²) in [5.41, 5.74) is 2.43. The van der Waals surface area contributed by atoms with Gasteiger partial charge in [-0.1, -0.05) is 52.3 Å². The van der Waals surface area contributed by atoms with Crippen molar-refractivity contribution in [3.63, 3.8) is 0 Å². The zero-order chi connectivity index (χ0) is 14.5. The molecule has 0 aliphatic heterocycles. The molecule has 0 heterocycles. The van der Waals surface area contributed by atoms with Gasteiger partial charge in [-0.15, -0.1) is 0 Å². The normalized spacial score (nSPS) is 13.8. The molecule has 0 aliphatic rings. The van der Waals surface area contributed by atoms with Crippen LogP contribution in [-0.4, -0.2) is 7.11 Å². The third-order valence-electron chi connectivity index (χ3n) is 3.48. The summed E-state index contributed by atoms with van der Waals surface area (Å²) in [5.74, 6) is 0.923. The van der Waals surface area contributed by atoms with Gasteiger partial charge in [-0.3, -0.25) is 0 Å². The summed E-state index contributed by atoms with van der Waals surface area (Å²) in [7, 11) is 1.71. The molecule has 0 saturated carbocycles. The number of nitrogens with one attached hydrogen (secondary N) is 1. The number of halogens is 1. The second kappa shape index (κ2) is 6.91. The van der Waals surface area contributed by atoms with Crippen molar-refractivity contribution in [1.82, 2.24) is 5.32 Å². The van der Waals surface area contributed by atoms with Crippen molar-refractivity contribution in [3.8, 4) is 5.75 Å². The number of methoxy groups -OCH3 is 1. The van der Waals surface area contributed by atoms with E-state index in [2.05, 4.69) is 59.4 Å². The fraction of sp³-hybridized carbons (Fsp3) is 0.294. The minimum Gasteiger partial charge on any atom is -0.496 e. The molecule has 0 bridgehead atoms. The van der Waals surface area contributed by atoms with E-state index in [9.17, 15) is 0 Å². The highest BCUT2D eigenvalue weighted by Crippen LogP contribution is 2.29. The Balaban J connectivity index is 2.15. The van der Waals surface area contributed by atoms with Crippen LogP contribution in [0.5, 0.6) is 5.75 Å². The summed E-state index contributed by atoms with van der Waals surface area (Å²) < 4.78 is 6.56. The minimum atomic E-state index is 0.216. The van der Waals surface area contributed by atoms with Crippen molar-refractivity contribution >= 4 is 15.9 Å². The number of hydrogen-bond donors (Lipinski definition) is 1. The topological polar surface area (TPSA) is 21.3 Å². The highest BCUT2D eigenvalue weighted by atomic mass is 79.9. The summed E-state index contributed by atoms with van der Waals surface area (Å²) in [6.45, 7) is 4.33. The van der Waals surface area contributed by atoms with Crippen molar-refractivity contribution in [1.29, 1.82) is 0 Å². The smallest absolute Gasteiger partial charge is 0.123 e. The van der Waals surface area contributed by atoms with Crippen molar-refractivity contribution in [2.45, 2.75) is 25.9 Å². The molecule has 106 valence electrons. The van der Waals surface area contributed by atoms with E-state index in [0.29, 0.717) is 0 Å². The average molecular weight is 334 g/mol. The van der Waals surface area contributed by atoms with Gasteiger partial charge in [0.05, 0.1) is 7.11 Å². The standard InChI is InChI=1S/C17H20BrNO/c1-12(14-8-4-6-10-16(14)18)19-13(2)15-9-5-7-11-17(15)20-3/h4-13,19H,1-3H3/t12?,13-/m1/s1. The van der Waals surface area contributed by atoms with Gasteiger partial charge in [0.25, 0.3) is 0 Å². The molecule has 1 unspecified atom stereocenters. The van der Waals surface area contributed by atoms with Crippen LogP contribution in [0.15, 0.2) is 53.0 Å². The molecule has 2 aromatic rings. The third kappa shape index (κ3) is 3.41. The summed E-state index contributed by atoms with van der Waals surface area (Å²) >= 11 is 3.61. The lowest BCUT2D eigenvalue weighted by Gasteiger charge is -2.23. The highest BCUT2D eigenvalue weighted by Gasteiger charge is 2.15. The minimum absolute atomic E-state index is 0.216. The fourth-order valence-electron chi connectivity index (χ4n) is 2.40. The maximum Gasteiger partial charge on any atom is 0.123 e. The van der Waals surface area contributed by atoms with E-state index in [-0.39, 0.29) is 12.1 Å². The van der Waals surface area contributed by atoms with Crippen molar-refractivity contribution in [3.05, 3.63) is 64.1 Å². The number of hydrogen-bond acceptors (Lipinski definition) is 2. The van der Waals surface area contributed by atoms with Gasteiger partial charge in [0.2, 0.25) is 0 Å². The molecular weight excluding hydrogens is 314 g/mol. The van der Waals surface area contributed by atoms with Gasteiger partial charge in [0.1, 0.15) is 5.75 Å². The third-order valence-corrected chi connectivity index (χ3v) is 4.20. The van der Waals surface area contributed by atoms with E-state index < -0.39 is 0 Å². The first kappa shape index (κ1) is 15.1. The lowest BCUT2D eigenvalue weighted by molar-refractivity contribution is 0.396. The van der Waals surface area contributed by atoms with E-state index in [4.69, 9.17) is 4.74 Å². The van der Waals surface area contributed by atoms with Gasteiger partial charge in [0.15, 0.2) is 0 Å². The lowest BCUT2D eigenvalue weighted by atomic mass is 10.0. The van der Waals surface area contributed by atoms with Gasteiger partial charge in [0, 0.05) is 22.1 Å². The average Bonchev–Trinajstić information content (AvgIpc) is 2.47. The first-order valence-electron chi connectivity index (χ1n) is 6.77. The molecule has 0 aliphatic carbocycles. The molecule has 0 radical (unpaired) electrons. The molecule has 0 amide bonds. The van der Waals surface area contributed by atoms with Gasteiger partial charge in [-0.25, -0.2) is 0 Å². The number of ether oxygens (including phenoxy) is 1. The van der Waals surface area contributed by atoms with Crippen LogP contribution in [0.3, 0.4) is 0 Å². The number of benzene rings is 2. The van der Waals surface area contributed by atoms with Gasteiger partial charge in [-0.2, -0.15) is 0 Å². The molecule has 2 nitrogen and oxygen atoms in total. The SMILES string of the molecule is COc1ccccc1[C@@H](C)NC(C)c1ccccc1Br. The van der Waals surface area contributed by atoms with Crippen molar-refractivity contribution in [2.75, 3.05) is 7.11 Å². The molecule has 2 aromatic carbocycles. The molecular formula is C17H20BrNO. The van der Waals surface area contributed by atoms with E-state index in [1.165, 1.54) is 11.1 Å². The van der Waals surface area contributed by atoms with Crippen LogP contribution in [0.25, 0.3) is 0 Å². The molecule has 0 spiro atoms. The Kier molecular flexibility index (Phi) is 5.21. The maximum absolute atomic E-state index is 5.43. The highest BCUT2D eigenvalue weighted by molar-refractivity contribution is 9.10. The maximum atomic E-state index is 5.43. The largest absolute Gasteiger partial charge is 0.496 e. The number of para-hydroxylation sites is 1. The quantitative estimate of drug-likeness (QED) is 0.842. The monoisotopic (exact) mass is 333 g/mol. The van der Waals surface area contributed by atoms with Crippen LogP contribution in [-0.2, 0) is 0 Å². The zero-order valence-electron chi connectivity index (χ0n) is 12.1. The molecule has 0 saturated heterocycles. The molecule has 2 atom stereocenters. The fourth-order valence-corrected chi connectivity index (χ4v) is 3.03. The van der Waals surface area contributed by atoms with Crippen molar-refractivity contribution < 1.29 is 4.74 Å². The Morgan fingerprint density at radius 1 is 0.900 bits per heavy atom. The molecule has 2 rings (SSSR count). The predicted octanol–water partition coefficient (Wildman–Crippen LogP) is 4.87.